The van der Waals surface area contributed by atoms with E-state index in [0.29, 0.717) is 13.2 Å². The van der Waals surface area contributed by atoms with Crippen molar-refractivity contribution in [3.63, 3.8) is 0 Å². The third kappa shape index (κ3) is 2.17. The monoisotopic (exact) mass is 265 g/mol. The fourth-order valence-corrected chi connectivity index (χ4v) is 3.30. The molecule has 0 spiro atoms. The van der Waals surface area contributed by atoms with E-state index >= 15 is 0 Å². The van der Waals surface area contributed by atoms with Crippen molar-refractivity contribution < 1.29 is 19.1 Å². The largest absolute Gasteiger partial charge is 0.481 e. The Kier molecular flexibility index (Phi) is 3.33. The molecule has 5 nitrogen and oxygen atoms in total. The maximum atomic E-state index is 11.3. The van der Waals surface area contributed by atoms with Gasteiger partial charge in [0.05, 0.1) is 25.4 Å². The first kappa shape index (κ1) is 12.7. The number of aliphatic carboxylic acids is 1. The second kappa shape index (κ2) is 4.98. The maximum Gasteiger partial charge on any atom is 0.310 e. The van der Waals surface area contributed by atoms with Crippen molar-refractivity contribution in [3.8, 4) is 0 Å². The summed E-state index contributed by atoms with van der Waals surface area (Å²) in [6, 6.07) is 2.21. The first-order chi connectivity index (χ1) is 9.18. The van der Waals surface area contributed by atoms with Gasteiger partial charge in [0.2, 0.25) is 0 Å². The number of carbonyl (C=O) groups is 1. The Morgan fingerprint density at radius 3 is 3.11 bits per heavy atom. The molecule has 19 heavy (non-hydrogen) atoms. The molecule has 3 atom stereocenters. The zero-order valence-corrected chi connectivity index (χ0v) is 11.0. The quantitative estimate of drug-likeness (QED) is 0.901. The molecule has 0 bridgehead atoms. The highest BCUT2D eigenvalue weighted by molar-refractivity contribution is 5.71. The number of aryl methyl sites for hydroxylation is 1. The summed E-state index contributed by atoms with van der Waals surface area (Å²) in [4.78, 5) is 13.4. The van der Waals surface area contributed by atoms with Crippen molar-refractivity contribution in [2.45, 2.75) is 31.3 Å². The lowest BCUT2D eigenvalue weighted by atomic mass is 9.90. The van der Waals surface area contributed by atoms with Crippen LogP contribution in [0.5, 0.6) is 0 Å². The average molecular weight is 265 g/mol. The number of ether oxygens (including phenoxy) is 1. The van der Waals surface area contributed by atoms with Gasteiger partial charge in [0, 0.05) is 24.1 Å². The van der Waals surface area contributed by atoms with Crippen LogP contribution < -0.4 is 0 Å². The predicted molar refractivity (Wildman–Crippen MR) is 67.9 cm³/mol. The second-order valence-corrected chi connectivity index (χ2v) is 5.42. The maximum absolute atomic E-state index is 11.3. The molecule has 2 heterocycles. The van der Waals surface area contributed by atoms with Crippen LogP contribution in [0.4, 0.5) is 0 Å². The topological polar surface area (TPSA) is 62.9 Å². The minimum Gasteiger partial charge on any atom is -0.481 e. The van der Waals surface area contributed by atoms with Crippen LogP contribution in [-0.4, -0.2) is 42.3 Å². The third-order valence-corrected chi connectivity index (χ3v) is 4.40. The van der Waals surface area contributed by atoms with Gasteiger partial charge in [0.1, 0.15) is 5.76 Å². The summed E-state index contributed by atoms with van der Waals surface area (Å²) >= 11 is 0. The predicted octanol–water partition coefficient (Wildman–Crippen LogP) is 1.69. The van der Waals surface area contributed by atoms with E-state index in [1.165, 1.54) is 5.56 Å². The Morgan fingerprint density at radius 1 is 1.47 bits per heavy atom. The molecule has 1 fully saturated rings. The number of carboxylic acid groups (broad SMARTS) is 1. The second-order valence-electron chi connectivity index (χ2n) is 5.42. The summed E-state index contributed by atoms with van der Waals surface area (Å²) in [5, 5.41) is 9.26. The molecule has 0 amide bonds. The first-order valence-electron chi connectivity index (χ1n) is 6.77. The lowest BCUT2D eigenvalue weighted by Crippen LogP contribution is -2.43. The molecular weight excluding hydrogens is 246 g/mol. The summed E-state index contributed by atoms with van der Waals surface area (Å²) in [5.74, 6) is -0.145. The Labute approximate surface area is 112 Å². The van der Waals surface area contributed by atoms with E-state index in [1.807, 2.05) is 13.1 Å². The molecular formula is C14H19NO4. The lowest BCUT2D eigenvalue weighted by Gasteiger charge is -2.36. The van der Waals surface area contributed by atoms with Gasteiger partial charge >= 0.3 is 5.97 Å². The Hall–Kier alpha value is -1.33. The van der Waals surface area contributed by atoms with Gasteiger partial charge in [-0.25, -0.2) is 0 Å². The van der Waals surface area contributed by atoms with E-state index in [0.717, 1.165) is 25.0 Å². The number of carboxylic acids is 1. The van der Waals surface area contributed by atoms with E-state index in [1.54, 1.807) is 6.26 Å². The molecule has 0 aromatic carbocycles. The normalized spacial score (nSPS) is 30.5. The minimum atomic E-state index is -0.766. The first-order valence-corrected chi connectivity index (χ1v) is 6.77. The molecule has 1 saturated heterocycles. The third-order valence-electron chi connectivity index (χ3n) is 4.40. The zero-order valence-electron chi connectivity index (χ0n) is 11.0. The molecule has 3 rings (SSSR count). The van der Waals surface area contributed by atoms with E-state index in [-0.39, 0.29) is 12.1 Å². The van der Waals surface area contributed by atoms with Gasteiger partial charge in [-0.1, -0.05) is 0 Å². The number of likely N-dealkylation sites (N-methyl/N-ethyl adjacent to an activating group) is 1. The number of hydrogen-bond acceptors (Lipinski definition) is 4. The average Bonchev–Trinajstić information content (AvgIpc) is 3.05. The Bertz CT molecular complexity index is 470. The highest BCUT2D eigenvalue weighted by Gasteiger charge is 2.40. The van der Waals surface area contributed by atoms with Crippen LogP contribution >= 0.6 is 0 Å². The molecule has 1 aliphatic carbocycles. The van der Waals surface area contributed by atoms with Crippen molar-refractivity contribution in [2.75, 3.05) is 20.3 Å². The van der Waals surface area contributed by atoms with Crippen LogP contribution in [0.25, 0.3) is 0 Å². The van der Waals surface area contributed by atoms with Crippen LogP contribution in [0, 0.1) is 5.92 Å². The van der Waals surface area contributed by atoms with Crippen molar-refractivity contribution in [2.24, 2.45) is 5.92 Å². The van der Waals surface area contributed by atoms with Gasteiger partial charge in [-0.05, 0) is 26.0 Å². The van der Waals surface area contributed by atoms with E-state index in [9.17, 15) is 9.90 Å². The van der Waals surface area contributed by atoms with Gasteiger partial charge in [0.15, 0.2) is 0 Å². The van der Waals surface area contributed by atoms with Crippen LogP contribution in [0.15, 0.2) is 16.7 Å². The van der Waals surface area contributed by atoms with Crippen molar-refractivity contribution in [1.82, 2.24) is 4.90 Å². The Morgan fingerprint density at radius 2 is 2.32 bits per heavy atom. The van der Waals surface area contributed by atoms with Crippen molar-refractivity contribution >= 4 is 5.97 Å². The molecule has 0 saturated carbocycles. The number of furan rings is 1. The van der Waals surface area contributed by atoms with Crippen LogP contribution in [0.1, 0.15) is 30.2 Å². The van der Waals surface area contributed by atoms with E-state index in [4.69, 9.17) is 9.15 Å². The molecule has 1 aliphatic heterocycles. The zero-order chi connectivity index (χ0) is 13.4. The summed E-state index contributed by atoms with van der Waals surface area (Å²) < 4.78 is 10.9. The summed E-state index contributed by atoms with van der Waals surface area (Å²) in [7, 11) is 2.00. The standard InChI is InChI=1S/C14H19NO4/c1-15(12-8-18-7-10(12)14(16)17)11-3-2-4-13-9(11)5-6-19-13/h5-6,10-12H,2-4,7-8H2,1H3,(H,16,17). The van der Waals surface area contributed by atoms with Crippen molar-refractivity contribution in [3.05, 3.63) is 23.7 Å². The van der Waals surface area contributed by atoms with Gasteiger partial charge in [-0.3, -0.25) is 9.69 Å². The van der Waals surface area contributed by atoms with E-state index in [2.05, 4.69) is 4.90 Å². The molecule has 1 aromatic rings. The van der Waals surface area contributed by atoms with Crippen LogP contribution in [-0.2, 0) is 16.0 Å². The molecule has 2 aliphatic rings. The number of hydrogen-bond donors (Lipinski definition) is 1. The molecule has 3 unspecified atom stereocenters. The molecule has 1 aromatic heterocycles. The highest BCUT2D eigenvalue weighted by Crippen LogP contribution is 2.37. The fraction of sp³-hybridized carbons (Fsp3) is 0.643. The summed E-state index contributed by atoms with van der Waals surface area (Å²) in [6.45, 7) is 0.812. The van der Waals surface area contributed by atoms with E-state index < -0.39 is 11.9 Å². The summed E-state index contributed by atoms with van der Waals surface area (Å²) in [6.07, 6.45) is 4.85. The van der Waals surface area contributed by atoms with Gasteiger partial charge in [-0.2, -0.15) is 0 Å². The SMILES string of the molecule is CN(C1CCCc2occc21)C1COCC1C(=O)O. The smallest absolute Gasteiger partial charge is 0.310 e. The fourth-order valence-electron chi connectivity index (χ4n) is 3.30. The van der Waals surface area contributed by atoms with Gasteiger partial charge < -0.3 is 14.3 Å². The number of fused-ring (bicyclic) bond motifs is 1. The molecule has 0 radical (unpaired) electrons. The molecule has 1 N–H and O–H groups in total. The Balaban J connectivity index is 1.81. The molecule has 104 valence electrons. The summed E-state index contributed by atoms with van der Waals surface area (Å²) in [5.41, 5.74) is 1.21. The minimum absolute atomic E-state index is 0.0525. The van der Waals surface area contributed by atoms with Gasteiger partial charge in [-0.15, -0.1) is 0 Å². The highest BCUT2D eigenvalue weighted by atomic mass is 16.5. The van der Waals surface area contributed by atoms with Gasteiger partial charge in [0.25, 0.3) is 0 Å². The molecule has 5 heteroatoms. The van der Waals surface area contributed by atoms with Crippen LogP contribution in [0.2, 0.25) is 0 Å². The van der Waals surface area contributed by atoms with Crippen molar-refractivity contribution in [1.29, 1.82) is 0 Å². The lowest BCUT2D eigenvalue weighted by molar-refractivity contribution is -0.143. The number of nitrogens with zero attached hydrogens (tertiary/aromatic N) is 1. The number of rotatable bonds is 3. The van der Waals surface area contributed by atoms with Crippen LogP contribution in [0.3, 0.4) is 0 Å².